The van der Waals surface area contributed by atoms with Crippen molar-refractivity contribution >= 4 is 51.9 Å². The lowest BCUT2D eigenvalue weighted by atomic mass is 9.96. The number of halogens is 1. The summed E-state index contributed by atoms with van der Waals surface area (Å²) in [6.07, 6.45) is -1.67. The second kappa shape index (κ2) is 11.6. The number of hydrogen-bond donors (Lipinski definition) is 3. The Labute approximate surface area is 247 Å². The average Bonchev–Trinajstić information content (AvgIpc) is 3.49. The molecule has 3 heterocycles. The van der Waals surface area contributed by atoms with E-state index in [4.69, 9.17) is 0 Å². The number of carbonyl (C=O) groups excluding carboxylic acids is 1. The van der Waals surface area contributed by atoms with Gasteiger partial charge in [0.2, 0.25) is 11.9 Å². The summed E-state index contributed by atoms with van der Waals surface area (Å²) in [5, 5.41) is 18.9. The molecule has 1 aliphatic heterocycles. The fourth-order valence-corrected chi connectivity index (χ4v) is 6.42. The van der Waals surface area contributed by atoms with Crippen LogP contribution in [0.2, 0.25) is 0 Å². The van der Waals surface area contributed by atoms with Crippen LogP contribution in [0, 0.1) is 12.0 Å². The zero-order valence-electron chi connectivity index (χ0n) is 24.2. The molecule has 2 amide bonds. The quantitative estimate of drug-likeness (QED) is 0.209. The number of carbonyl (C=O) groups is 2. The fraction of sp³-hybridized carbons (Fsp3) is 0.367. The monoisotopic (exact) mass is 591 g/mol. The first-order valence-corrected chi connectivity index (χ1v) is 14.8. The van der Waals surface area contributed by atoms with Gasteiger partial charge in [-0.05, 0) is 57.4 Å². The Morgan fingerprint density at radius 3 is 2.36 bits per heavy atom. The van der Waals surface area contributed by atoms with E-state index in [9.17, 15) is 19.1 Å². The molecule has 2 aromatic carbocycles. The summed E-state index contributed by atoms with van der Waals surface area (Å²) in [5.74, 6) is 0.927. The minimum atomic E-state index is -1.15. The van der Waals surface area contributed by atoms with Crippen molar-refractivity contribution < 1.29 is 19.1 Å². The van der Waals surface area contributed by atoms with Gasteiger partial charge < -0.3 is 20.3 Å². The summed E-state index contributed by atoms with van der Waals surface area (Å²) in [7, 11) is 0. The molecule has 0 bridgehead atoms. The number of benzene rings is 2. The van der Waals surface area contributed by atoms with Crippen LogP contribution < -0.4 is 10.6 Å². The third-order valence-electron chi connectivity index (χ3n) is 6.95. The minimum Gasteiger partial charge on any atom is -0.465 e. The van der Waals surface area contributed by atoms with Gasteiger partial charge in [-0.1, -0.05) is 38.1 Å². The van der Waals surface area contributed by atoms with Gasteiger partial charge in [-0.15, -0.1) is 11.8 Å². The molecule has 10 nitrogen and oxygen atoms in total. The van der Waals surface area contributed by atoms with Crippen molar-refractivity contribution in [3.8, 4) is 11.5 Å². The van der Waals surface area contributed by atoms with Gasteiger partial charge in [-0.3, -0.25) is 9.69 Å². The number of anilines is 3. The highest BCUT2D eigenvalue weighted by molar-refractivity contribution is 7.99. The van der Waals surface area contributed by atoms with Crippen LogP contribution in [0.4, 0.5) is 26.5 Å². The maximum atomic E-state index is 14.6. The van der Waals surface area contributed by atoms with Crippen LogP contribution in [0.15, 0.2) is 53.6 Å². The summed E-state index contributed by atoms with van der Waals surface area (Å²) < 4.78 is 16.8. The topological polar surface area (TPSA) is 125 Å². The Balaban J connectivity index is 1.36. The molecule has 0 saturated carbocycles. The van der Waals surface area contributed by atoms with Gasteiger partial charge in [-0.2, -0.15) is 19.3 Å². The second-order valence-corrected chi connectivity index (χ2v) is 12.7. The molecule has 1 atom stereocenters. The van der Waals surface area contributed by atoms with Crippen LogP contribution in [0.1, 0.15) is 41.0 Å². The Hall–Kier alpha value is -4.19. The van der Waals surface area contributed by atoms with E-state index in [2.05, 4.69) is 30.2 Å². The zero-order valence-corrected chi connectivity index (χ0v) is 25.0. The maximum Gasteiger partial charge on any atom is 0.408 e. The lowest BCUT2D eigenvalue weighted by molar-refractivity contribution is -0.123. The van der Waals surface area contributed by atoms with Gasteiger partial charge >= 0.3 is 12.2 Å². The molecule has 4 aromatic rings. The van der Waals surface area contributed by atoms with Crippen LogP contribution in [0.5, 0.6) is 0 Å². The third kappa shape index (κ3) is 6.03. The van der Waals surface area contributed by atoms with Gasteiger partial charge in [-0.25, -0.2) is 4.79 Å². The second-order valence-electron chi connectivity index (χ2n) is 11.6. The predicted molar refractivity (Wildman–Crippen MR) is 163 cm³/mol. The van der Waals surface area contributed by atoms with E-state index in [-0.39, 0.29) is 17.7 Å². The number of carboxylic acid groups (broad SMARTS) is 1. The lowest BCUT2D eigenvalue weighted by Crippen LogP contribution is -2.55. The largest absolute Gasteiger partial charge is 0.465 e. The van der Waals surface area contributed by atoms with Crippen molar-refractivity contribution in [3.63, 3.8) is 0 Å². The van der Waals surface area contributed by atoms with Crippen molar-refractivity contribution in [1.29, 1.82) is 0 Å². The fourth-order valence-electron chi connectivity index (χ4n) is 5.28. The van der Waals surface area contributed by atoms with E-state index in [0.29, 0.717) is 17.8 Å². The molecular weight excluding hydrogens is 557 g/mol. The SMILES string of the molecule is CC(C)CC(C(=O)Nc1ccc(Nc2nc(F)nc(-c3c4ccccc4c4n3CCS4)n2)cc1)N(C(=O)O)C(C)(C)C. The molecule has 0 saturated heterocycles. The van der Waals surface area contributed by atoms with Gasteiger partial charge in [0, 0.05) is 40.0 Å². The Morgan fingerprint density at radius 1 is 1.05 bits per heavy atom. The third-order valence-corrected chi connectivity index (χ3v) is 8.05. The summed E-state index contributed by atoms with van der Waals surface area (Å²) in [6, 6.07) is 13.9. The van der Waals surface area contributed by atoms with Gasteiger partial charge in [0.25, 0.3) is 0 Å². The minimum absolute atomic E-state index is 0.0545. The summed E-state index contributed by atoms with van der Waals surface area (Å²) in [4.78, 5) is 39.0. The number of aromatic nitrogens is 4. The van der Waals surface area contributed by atoms with Crippen LogP contribution in [-0.4, -0.2) is 58.9 Å². The highest BCUT2D eigenvalue weighted by atomic mass is 32.2. The molecule has 42 heavy (non-hydrogen) atoms. The molecule has 1 unspecified atom stereocenters. The Bertz CT molecular complexity index is 1630. The molecule has 1 aliphatic rings. The van der Waals surface area contributed by atoms with E-state index >= 15 is 0 Å². The predicted octanol–water partition coefficient (Wildman–Crippen LogP) is 6.61. The zero-order chi connectivity index (χ0) is 30.2. The standard InChI is InChI=1S/C30H34FN7O3S/c1-17(2)16-22(38(29(40)41)30(3,4)5)25(39)32-18-10-12-19(13-11-18)33-28-35-24(34-27(31)36-28)23-20-8-6-7-9-21(20)26-37(23)14-15-42-26/h6-13,17,22H,14-16H2,1-5H3,(H,32,39)(H,40,41)(H,33,34,35,36). The van der Waals surface area contributed by atoms with Crippen LogP contribution in [0.3, 0.4) is 0 Å². The van der Waals surface area contributed by atoms with E-state index < -0.39 is 29.7 Å². The molecule has 3 N–H and O–H groups in total. The number of fused-ring (bicyclic) bond motifs is 3. The number of thioether (sulfide) groups is 1. The summed E-state index contributed by atoms with van der Waals surface area (Å²) in [5.41, 5.74) is 1.07. The first-order chi connectivity index (χ1) is 19.9. The maximum absolute atomic E-state index is 14.6. The molecular formula is C30H34FN7O3S. The summed E-state index contributed by atoms with van der Waals surface area (Å²) >= 11 is 1.76. The molecule has 220 valence electrons. The van der Waals surface area contributed by atoms with E-state index in [1.807, 2.05) is 38.1 Å². The van der Waals surface area contributed by atoms with E-state index in [1.165, 1.54) is 4.90 Å². The van der Waals surface area contributed by atoms with Gasteiger partial charge in [0.05, 0.1) is 10.7 Å². The van der Waals surface area contributed by atoms with Crippen molar-refractivity contribution in [2.24, 2.45) is 5.92 Å². The lowest BCUT2D eigenvalue weighted by Gasteiger charge is -2.39. The highest BCUT2D eigenvalue weighted by Crippen LogP contribution is 2.41. The number of hydrogen-bond acceptors (Lipinski definition) is 7. The molecule has 2 aromatic heterocycles. The number of nitrogens with zero attached hydrogens (tertiary/aromatic N) is 5. The number of nitrogens with one attached hydrogen (secondary N) is 2. The normalized spacial score (nSPS) is 13.7. The average molecular weight is 592 g/mol. The number of amides is 2. The Morgan fingerprint density at radius 2 is 1.71 bits per heavy atom. The van der Waals surface area contributed by atoms with Gasteiger partial charge in [0.1, 0.15) is 6.04 Å². The molecule has 12 heteroatoms. The molecule has 0 aliphatic carbocycles. The van der Waals surface area contributed by atoms with Crippen LogP contribution in [-0.2, 0) is 11.3 Å². The van der Waals surface area contributed by atoms with Crippen molar-refractivity contribution in [2.75, 3.05) is 16.4 Å². The van der Waals surface area contributed by atoms with Crippen LogP contribution in [0.25, 0.3) is 22.3 Å². The van der Waals surface area contributed by atoms with Crippen molar-refractivity contribution in [2.45, 2.75) is 64.2 Å². The first-order valence-electron chi connectivity index (χ1n) is 13.8. The smallest absolute Gasteiger partial charge is 0.408 e. The first kappa shape index (κ1) is 29.3. The Kier molecular flexibility index (Phi) is 8.09. The van der Waals surface area contributed by atoms with Crippen molar-refractivity contribution in [3.05, 3.63) is 54.6 Å². The summed E-state index contributed by atoms with van der Waals surface area (Å²) in [6.45, 7) is 9.98. The van der Waals surface area contributed by atoms with E-state index in [0.717, 1.165) is 33.8 Å². The van der Waals surface area contributed by atoms with Crippen molar-refractivity contribution in [1.82, 2.24) is 24.4 Å². The van der Waals surface area contributed by atoms with E-state index in [1.54, 1.807) is 56.8 Å². The molecule has 0 radical (unpaired) electrons. The molecule has 0 fully saturated rings. The molecule has 0 spiro atoms. The highest BCUT2D eigenvalue weighted by Gasteiger charge is 2.37. The van der Waals surface area contributed by atoms with Crippen LogP contribution >= 0.6 is 11.8 Å². The van der Waals surface area contributed by atoms with Gasteiger partial charge in [0.15, 0.2) is 5.82 Å². The molecule has 5 rings (SSSR count). The number of rotatable bonds is 8.